The first-order valence-electron chi connectivity index (χ1n) is 7.15. The third-order valence-electron chi connectivity index (χ3n) is 3.41. The summed E-state index contributed by atoms with van der Waals surface area (Å²) in [4.78, 5) is 8.60. The Morgan fingerprint density at radius 3 is 2.05 bits per heavy atom. The lowest BCUT2D eigenvalue weighted by atomic mass is 10.1. The van der Waals surface area contributed by atoms with Crippen LogP contribution in [-0.2, 0) is 19.6 Å². The van der Waals surface area contributed by atoms with Crippen molar-refractivity contribution in [3.05, 3.63) is 59.3 Å². The molecule has 0 aliphatic rings. The number of nitrogens with two attached hydrogens (primary N) is 1. The second-order valence-corrected chi connectivity index (χ2v) is 5.73. The number of rotatable bonds is 6. The molecule has 0 fully saturated rings. The summed E-state index contributed by atoms with van der Waals surface area (Å²) in [5.74, 6) is 0.617. The molecule has 0 saturated carbocycles. The van der Waals surface area contributed by atoms with E-state index in [-0.39, 0.29) is 0 Å². The second kappa shape index (κ2) is 7.20. The van der Waals surface area contributed by atoms with Gasteiger partial charge in [-0.1, -0.05) is 30.3 Å². The lowest BCUT2D eigenvalue weighted by Gasteiger charge is -2.20. The number of hydrogen-bond donors (Lipinski definition) is 1. The van der Waals surface area contributed by atoms with E-state index in [2.05, 4.69) is 60.2 Å². The molecule has 0 bridgehead atoms. The van der Waals surface area contributed by atoms with Gasteiger partial charge in [-0.25, -0.2) is 4.98 Å². The zero-order valence-corrected chi connectivity index (χ0v) is 13.1. The van der Waals surface area contributed by atoms with Crippen LogP contribution in [0.3, 0.4) is 0 Å². The predicted octanol–water partition coefficient (Wildman–Crippen LogP) is 2.36. The zero-order chi connectivity index (χ0) is 15.2. The summed E-state index contributed by atoms with van der Waals surface area (Å²) in [6.07, 6.45) is 1.73. The van der Waals surface area contributed by atoms with Gasteiger partial charge in [-0.3, -0.25) is 4.90 Å². The van der Waals surface area contributed by atoms with Gasteiger partial charge in [0, 0.05) is 31.4 Å². The van der Waals surface area contributed by atoms with Crippen LogP contribution in [0.4, 0.5) is 5.82 Å². The fraction of sp³-hybridized carbons (Fsp3) is 0.353. The van der Waals surface area contributed by atoms with Crippen LogP contribution in [0.5, 0.6) is 0 Å². The number of nitrogens with zero attached hydrogens (tertiary/aromatic N) is 3. The Morgan fingerprint density at radius 2 is 1.43 bits per heavy atom. The maximum atomic E-state index is 5.91. The zero-order valence-electron chi connectivity index (χ0n) is 13.1. The summed E-state index contributed by atoms with van der Waals surface area (Å²) in [6.45, 7) is 2.66. The average molecular weight is 284 g/mol. The Kier molecular flexibility index (Phi) is 5.31. The monoisotopic (exact) mass is 284 g/mol. The topological polar surface area (TPSA) is 45.4 Å². The van der Waals surface area contributed by atoms with Gasteiger partial charge < -0.3 is 10.6 Å². The van der Waals surface area contributed by atoms with E-state index in [4.69, 9.17) is 5.73 Å². The Morgan fingerprint density at radius 1 is 0.857 bits per heavy atom. The molecular formula is C17H24N4. The SMILES string of the molecule is CN(C)Cc1ccccc1CN(C)Cc1cccnc1N. The van der Waals surface area contributed by atoms with E-state index in [0.717, 1.165) is 25.2 Å². The van der Waals surface area contributed by atoms with E-state index < -0.39 is 0 Å². The molecule has 4 heteroatoms. The van der Waals surface area contributed by atoms with Crippen LogP contribution in [-0.4, -0.2) is 35.9 Å². The van der Waals surface area contributed by atoms with Crippen LogP contribution in [0.25, 0.3) is 0 Å². The largest absolute Gasteiger partial charge is 0.383 e. The molecule has 4 nitrogen and oxygen atoms in total. The third kappa shape index (κ3) is 4.55. The van der Waals surface area contributed by atoms with Crippen molar-refractivity contribution >= 4 is 5.82 Å². The van der Waals surface area contributed by atoms with Crippen LogP contribution in [0.2, 0.25) is 0 Å². The fourth-order valence-corrected chi connectivity index (χ4v) is 2.43. The van der Waals surface area contributed by atoms with E-state index in [1.165, 1.54) is 11.1 Å². The molecule has 0 aliphatic carbocycles. The van der Waals surface area contributed by atoms with Gasteiger partial charge in [0.2, 0.25) is 0 Å². The summed E-state index contributed by atoms with van der Waals surface area (Å²) in [5, 5.41) is 0. The van der Waals surface area contributed by atoms with E-state index in [1.54, 1.807) is 6.20 Å². The highest BCUT2D eigenvalue weighted by atomic mass is 15.1. The highest BCUT2D eigenvalue weighted by Gasteiger charge is 2.08. The van der Waals surface area contributed by atoms with Crippen molar-refractivity contribution in [2.24, 2.45) is 0 Å². The Bertz CT molecular complexity index is 581. The molecule has 0 atom stereocenters. The molecule has 112 valence electrons. The molecule has 1 aromatic heterocycles. The number of benzene rings is 1. The predicted molar refractivity (Wildman–Crippen MR) is 87.7 cm³/mol. The van der Waals surface area contributed by atoms with Crippen molar-refractivity contribution in [2.45, 2.75) is 19.6 Å². The molecular weight excluding hydrogens is 260 g/mol. The average Bonchev–Trinajstić information content (AvgIpc) is 2.43. The molecule has 0 radical (unpaired) electrons. The highest BCUT2D eigenvalue weighted by Crippen LogP contribution is 2.15. The smallest absolute Gasteiger partial charge is 0.127 e. The Hall–Kier alpha value is -1.91. The standard InChI is InChI=1S/C17H24N4/c1-20(2)11-14-7-4-5-8-15(14)12-21(3)13-16-9-6-10-19-17(16)18/h4-10H,11-13H2,1-3H3,(H2,18,19). The molecule has 0 unspecified atom stereocenters. The summed E-state index contributed by atoms with van der Waals surface area (Å²) in [7, 11) is 6.30. The lowest BCUT2D eigenvalue weighted by Crippen LogP contribution is -2.20. The normalized spacial score (nSPS) is 11.3. The van der Waals surface area contributed by atoms with E-state index in [0.29, 0.717) is 5.82 Å². The van der Waals surface area contributed by atoms with Crippen LogP contribution in [0.1, 0.15) is 16.7 Å². The molecule has 0 spiro atoms. The Balaban J connectivity index is 2.06. The second-order valence-electron chi connectivity index (χ2n) is 5.73. The number of pyridine rings is 1. The minimum Gasteiger partial charge on any atom is -0.383 e. The molecule has 21 heavy (non-hydrogen) atoms. The van der Waals surface area contributed by atoms with Gasteiger partial charge in [0.15, 0.2) is 0 Å². The number of aromatic nitrogens is 1. The number of hydrogen-bond acceptors (Lipinski definition) is 4. The minimum absolute atomic E-state index is 0.617. The highest BCUT2D eigenvalue weighted by molar-refractivity contribution is 5.38. The number of anilines is 1. The van der Waals surface area contributed by atoms with E-state index >= 15 is 0 Å². The molecule has 0 amide bonds. The van der Waals surface area contributed by atoms with Crippen LogP contribution in [0.15, 0.2) is 42.6 Å². The lowest BCUT2D eigenvalue weighted by molar-refractivity contribution is 0.315. The molecule has 2 N–H and O–H groups in total. The third-order valence-corrected chi connectivity index (χ3v) is 3.41. The van der Waals surface area contributed by atoms with Gasteiger partial charge in [-0.05, 0) is 38.3 Å². The van der Waals surface area contributed by atoms with Crippen LogP contribution >= 0.6 is 0 Å². The van der Waals surface area contributed by atoms with E-state index in [9.17, 15) is 0 Å². The van der Waals surface area contributed by atoms with Gasteiger partial charge in [0.1, 0.15) is 5.82 Å². The molecule has 2 aromatic rings. The molecule has 0 saturated heterocycles. The summed E-state index contributed by atoms with van der Waals surface area (Å²) < 4.78 is 0. The van der Waals surface area contributed by atoms with Gasteiger partial charge in [-0.2, -0.15) is 0 Å². The van der Waals surface area contributed by atoms with Gasteiger partial charge in [0.25, 0.3) is 0 Å². The van der Waals surface area contributed by atoms with Gasteiger partial charge in [-0.15, -0.1) is 0 Å². The number of nitrogen functional groups attached to an aromatic ring is 1. The van der Waals surface area contributed by atoms with Gasteiger partial charge in [0.05, 0.1) is 0 Å². The Labute approximate surface area is 127 Å². The summed E-state index contributed by atoms with van der Waals surface area (Å²) >= 11 is 0. The summed E-state index contributed by atoms with van der Waals surface area (Å²) in [5.41, 5.74) is 9.71. The quantitative estimate of drug-likeness (QED) is 0.884. The summed E-state index contributed by atoms with van der Waals surface area (Å²) in [6, 6.07) is 12.6. The molecule has 1 aromatic carbocycles. The first kappa shape index (κ1) is 15.5. The van der Waals surface area contributed by atoms with Crippen molar-refractivity contribution in [3.63, 3.8) is 0 Å². The fourth-order valence-electron chi connectivity index (χ4n) is 2.43. The van der Waals surface area contributed by atoms with E-state index in [1.807, 2.05) is 12.1 Å². The molecule has 0 aliphatic heterocycles. The van der Waals surface area contributed by atoms with Gasteiger partial charge >= 0.3 is 0 Å². The van der Waals surface area contributed by atoms with Crippen LogP contribution in [0, 0.1) is 0 Å². The molecule has 2 rings (SSSR count). The van der Waals surface area contributed by atoms with Crippen molar-refractivity contribution < 1.29 is 0 Å². The minimum atomic E-state index is 0.617. The van der Waals surface area contributed by atoms with Crippen molar-refractivity contribution in [2.75, 3.05) is 26.9 Å². The maximum Gasteiger partial charge on any atom is 0.127 e. The molecule has 1 heterocycles. The van der Waals surface area contributed by atoms with Crippen LogP contribution < -0.4 is 5.73 Å². The van der Waals surface area contributed by atoms with Crippen molar-refractivity contribution in [1.82, 2.24) is 14.8 Å². The van der Waals surface area contributed by atoms with Crippen molar-refractivity contribution in [1.29, 1.82) is 0 Å². The first-order chi connectivity index (χ1) is 10.1. The first-order valence-corrected chi connectivity index (χ1v) is 7.15. The maximum absolute atomic E-state index is 5.91. The van der Waals surface area contributed by atoms with Crippen molar-refractivity contribution in [3.8, 4) is 0 Å².